The minimum absolute atomic E-state index is 0.117. The second kappa shape index (κ2) is 6.54. The number of rotatable bonds is 4. The van der Waals surface area contributed by atoms with Gasteiger partial charge in [-0.25, -0.2) is 0 Å². The van der Waals surface area contributed by atoms with Crippen LogP contribution in [0.4, 0.5) is 0 Å². The van der Waals surface area contributed by atoms with Crippen molar-refractivity contribution in [1.29, 1.82) is 0 Å². The van der Waals surface area contributed by atoms with Crippen molar-refractivity contribution >= 4 is 27.8 Å². The minimum Gasteiger partial charge on any atom is -0.455 e. The van der Waals surface area contributed by atoms with Gasteiger partial charge in [0.15, 0.2) is 6.61 Å². The molecule has 5 aliphatic rings. The minimum atomic E-state index is -0.341. The quantitative estimate of drug-likeness (QED) is 0.562. The maximum Gasteiger partial charge on any atom is 0.312 e. The summed E-state index contributed by atoms with van der Waals surface area (Å²) in [7, 11) is 0. The van der Waals surface area contributed by atoms with Gasteiger partial charge in [0.1, 0.15) is 0 Å². The molecule has 25 heavy (non-hydrogen) atoms. The molecule has 1 amide bonds. The number of hydrogen-bond acceptors (Lipinski definition) is 3. The first-order valence-electron chi connectivity index (χ1n) is 10.0. The summed E-state index contributed by atoms with van der Waals surface area (Å²) < 4.78 is 5.67. The highest BCUT2D eigenvalue weighted by Gasteiger charge is 2.60. The Morgan fingerprint density at radius 3 is 2.44 bits per heavy atom. The topological polar surface area (TPSA) is 55.4 Å². The molecule has 0 aliphatic heterocycles. The maximum absolute atomic E-state index is 12.9. The maximum atomic E-state index is 12.9. The predicted molar refractivity (Wildman–Crippen MR) is 99.3 cm³/mol. The van der Waals surface area contributed by atoms with Crippen molar-refractivity contribution in [2.45, 2.75) is 81.5 Å². The Kier molecular flexibility index (Phi) is 4.66. The van der Waals surface area contributed by atoms with Gasteiger partial charge < -0.3 is 10.1 Å². The third-order valence-corrected chi connectivity index (χ3v) is 8.14. The Labute approximate surface area is 159 Å². The molecule has 0 aromatic heterocycles. The summed E-state index contributed by atoms with van der Waals surface area (Å²) in [5, 5.41) is 3.08. The molecule has 0 saturated heterocycles. The zero-order valence-corrected chi connectivity index (χ0v) is 16.8. The van der Waals surface area contributed by atoms with Crippen LogP contribution in [-0.4, -0.2) is 28.8 Å². The van der Waals surface area contributed by atoms with Gasteiger partial charge in [-0.05, 0) is 69.1 Å². The van der Waals surface area contributed by atoms with E-state index in [9.17, 15) is 9.59 Å². The van der Waals surface area contributed by atoms with Gasteiger partial charge in [0.2, 0.25) is 0 Å². The second-order valence-corrected chi connectivity index (χ2v) is 11.1. The van der Waals surface area contributed by atoms with Crippen LogP contribution >= 0.6 is 15.9 Å². The van der Waals surface area contributed by atoms with E-state index in [0.717, 1.165) is 25.7 Å². The summed E-state index contributed by atoms with van der Waals surface area (Å²) in [6, 6.07) is 0.241. The molecule has 0 radical (unpaired) electrons. The van der Waals surface area contributed by atoms with Gasteiger partial charge >= 0.3 is 5.97 Å². The first-order valence-corrected chi connectivity index (χ1v) is 10.8. The number of halogens is 1. The molecule has 1 N–H and O–H groups in total. The van der Waals surface area contributed by atoms with Gasteiger partial charge in [0.05, 0.1) is 5.41 Å². The molecule has 0 heterocycles. The van der Waals surface area contributed by atoms with E-state index in [-0.39, 0.29) is 34.3 Å². The fourth-order valence-corrected chi connectivity index (χ4v) is 7.91. The number of carbonyl (C=O) groups is 2. The summed E-state index contributed by atoms with van der Waals surface area (Å²) >= 11 is 3.93. The molecular formula is C20H30BrNO3. The Bertz CT molecular complexity index is 549. The average Bonchev–Trinajstić information content (AvgIpc) is 2.52. The third-order valence-electron chi connectivity index (χ3n) is 7.21. The van der Waals surface area contributed by atoms with Gasteiger partial charge in [-0.15, -0.1) is 0 Å². The van der Waals surface area contributed by atoms with E-state index in [1.165, 1.54) is 38.5 Å². The van der Waals surface area contributed by atoms with Gasteiger partial charge in [0, 0.05) is 10.4 Å². The van der Waals surface area contributed by atoms with E-state index in [4.69, 9.17) is 4.74 Å². The fraction of sp³-hybridized carbons (Fsp3) is 0.900. The third kappa shape index (κ3) is 3.50. The van der Waals surface area contributed by atoms with Crippen LogP contribution < -0.4 is 5.32 Å². The Balaban J connectivity index is 1.32. The monoisotopic (exact) mass is 411 g/mol. The van der Waals surface area contributed by atoms with Crippen LogP contribution in [0.5, 0.6) is 0 Å². The van der Waals surface area contributed by atoms with Crippen LogP contribution in [0, 0.1) is 23.2 Å². The Hall–Kier alpha value is -0.580. The Morgan fingerprint density at radius 1 is 1.12 bits per heavy atom. The van der Waals surface area contributed by atoms with Crippen LogP contribution in [0.15, 0.2) is 0 Å². The Morgan fingerprint density at radius 2 is 1.80 bits per heavy atom. The van der Waals surface area contributed by atoms with E-state index < -0.39 is 0 Å². The molecule has 0 spiro atoms. The number of amides is 1. The number of alkyl halides is 1. The van der Waals surface area contributed by atoms with Crippen LogP contribution in [0.3, 0.4) is 0 Å². The summed E-state index contributed by atoms with van der Waals surface area (Å²) in [4.78, 5) is 25.1. The normalized spacial score (nSPS) is 45.2. The van der Waals surface area contributed by atoms with Crippen LogP contribution in [0.2, 0.25) is 0 Å². The predicted octanol–water partition coefficient (Wildman–Crippen LogP) is 3.96. The van der Waals surface area contributed by atoms with Crippen molar-refractivity contribution in [3.63, 3.8) is 0 Å². The molecule has 5 fully saturated rings. The molecule has 140 valence electrons. The molecule has 4 unspecified atom stereocenters. The molecule has 5 aliphatic carbocycles. The lowest BCUT2D eigenvalue weighted by Gasteiger charge is -2.58. The van der Waals surface area contributed by atoms with E-state index in [1.807, 2.05) is 0 Å². The number of esters is 1. The lowest BCUT2D eigenvalue weighted by atomic mass is 9.49. The van der Waals surface area contributed by atoms with Crippen LogP contribution in [0.25, 0.3) is 0 Å². The van der Waals surface area contributed by atoms with Gasteiger partial charge in [-0.1, -0.05) is 35.7 Å². The van der Waals surface area contributed by atoms with Crippen molar-refractivity contribution < 1.29 is 14.3 Å². The zero-order chi connectivity index (χ0) is 17.7. The van der Waals surface area contributed by atoms with E-state index in [1.54, 1.807) is 0 Å². The van der Waals surface area contributed by atoms with Crippen molar-refractivity contribution in [3.05, 3.63) is 0 Å². The highest BCUT2D eigenvalue weighted by molar-refractivity contribution is 9.10. The zero-order valence-electron chi connectivity index (χ0n) is 15.2. The van der Waals surface area contributed by atoms with Gasteiger partial charge in [0.25, 0.3) is 5.91 Å². The molecule has 0 aromatic carbocycles. The van der Waals surface area contributed by atoms with E-state index >= 15 is 0 Å². The van der Waals surface area contributed by atoms with E-state index in [0.29, 0.717) is 17.8 Å². The lowest BCUT2D eigenvalue weighted by molar-refractivity contribution is -0.171. The molecular weight excluding hydrogens is 382 g/mol. The van der Waals surface area contributed by atoms with Gasteiger partial charge in [-0.2, -0.15) is 0 Å². The number of hydrogen-bond donors (Lipinski definition) is 1. The molecule has 5 rings (SSSR count). The van der Waals surface area contributed by atoms with Crippen molar-refractivity contribution in [2.75, 3.05) is 6.61 Å². The number of ether oxygens (including phenoxy) is 1. The standard InChI is InChI=1S/C20H30BrNO3/c1-13-4-2-3-5-16(13)22-17(23)11-25-18(24)19-7-14-6-15(8-19)10-20(21,9-14)12-19/h13-16H,2-12H2,1H3,(H,22,23). The highest BCUT2D eigenvalue weighted by Crippen LogP contribution is 2.64. The second-order valence-electron chi connectivity index (χ2n) is 9.40. The van der Waals surface area contributed by atoms with Crippen LogP contribution in [0.1, 0.15) is 71.1 Å². The highest BCUT2D eigenvalue weighted by atomic mass is 79.9. The molecule has 0 aromatic rings. The number of carbonyl (C=O) groups excluding carboxylic acids is 2. The average molecular weight is 412 g/mol. The molecule has 4 atom stereocenters. The first kappa shape index (κ1) is 17.8. The summed E-state index contributed by atoms with van der Waals surface area (Å²) in [5.41, 5.74) is -0.341. The largest absolute Gasteiger partial charge is 0.455 e. The fourth-order valence-electron chi connectivity index (χ4n) is 6.45. The summed E-state index contributed by atoms with van der Waals surface area (Å²) in [6.45, 7) is 2.08. The van der Waals surface area contributed by atoms with Crippen molar-refractivity contribution in [3.8, 4) is 0 Å². The smallest absolute Gasteiger partial charge is 0.312 e. The summed E-state index contributed by atoms with van der Waals surface area (Å²) in [6.07, 6.45) is 11.1. The van der Waals surface area contributed by atoms with Crippen molar-refractivity contribution in [2.24, 2.45) is 23.2 Å². The first-order chi connectivity index (χ1) is 11.9. The molecule has 4 bridgehead atoms. The number of nitrogens with one attached hydrogen (secondary N) is 1. The van der Waals surface area contributed by atoms with Crippen LogP contribution in [-0.2, 0) is 14.3 Å². The van der Waals surface area contributed by atoms with E-state index in [2.05, 4.69) is 28.2 Å². The van der Waals surface area contributed by atoms with Crippen molar-refractivity contribution in [1.82, 2.24) is 5.32 Å². The SMILES string of the molecule is CC1CCCCC1NC(=O)COC(=O)C12CC3CC(CC(Br)(C3)C1)C2. The van der Waals surface area contributed by atoms with Gasteiger partial charge in [-0.3, -0.25) is 9.59 Å². The summed E-state index contributed by atoms with van der Waals surface area (Å²) in [5.74, 6) is 1.54. The molecule has 4 nitrogen and oxygen atoms in total. The molecule has 5 heteroatoms. The lowest BCUT2D eigenvalue weighted by Crippen LogP contribution is -2.56. The molecule has 5 saturated carbocycles.